The first-order valence-corrected chi connectivity index (χ1v) is 7.67. The van der Waals surface area contributed by atoms with Gasteiger partial charge in [-0.3, -0.25) is 0 Å². The highest BCUT2D eigenvalue weighted by molar-refractivity contribution is 9.10. The monoisotopic (exact) mass is 353 g/mol. The molecule has 1 fully saturated rings. The third-order valence-electron chi connectivity index (χ3n) is 3.90. The average molecular weight is 355 g/mol. The van der Waals surface area contributed by atoms with Crippen LogP contribution in [0.3, 0.4) is 0 Å². The van der Waals surface area contributed by atoms with Crippen LogP contribution < -0.4 is 5.32 Å². The zero-order chi connectivity index (χ0) is 14.2. The highest BCUT2D eigenvalue weighted by Crippen LogP contribution is 2.35. The molecule has 0 aliphatic carbocycles. The highest BCUT2D eigenvalue weighted by atomic mass is 79.9. The summed E-state index contributed by atoms with van der Waals surface area (Å²) in [5, 5.41) is 3.95. The maximum atomic E-state index is 13.4. The minimum atomic E-state index is -0.235. The van der Waals surface area contributed by atoms with E-state index in [0.29, 0.717) is 5.02 Å². The lowest BCUT2D eigenvalue weighted by Gasteiger charge is -2.43. The molecule has 0 aromatic heterocycles. The summed E-state index contributed by atoms with van der Waals surface area (Å²) in [6.45, 7) is 1.77. The molecule has 20 heavy (non-hydrogen) atoms. The number of hydrogen-bond acceptors (Lipinski definition) is 1. The Morgan fingerprint density at radius 2 is 2.00 bits per heavy atom. The molecule has 0 radical (unpaired) electrons. The van der Waals surface area contributed by atoms with E-state index in [1.54, 1.807) is 12.1 Å². The van der Waals surface area contributed by atoms with E-state index in [1.165, 1.54) is 11.6 Å². The molecule has 104 valence electrons. The van der Waals surface area contributed by atoms with Gasteiger partial charge in [-0.15, -0.1) is 0 Å². The largest absolute Gasteiger partial charge is 0.315 e. The summed E-state index contributed by atoms with van der Waals surface area (Å²) in [6.07, 6.45) is 0.743. The third kappa shape index (κ3) is 2.62. The molecular formula is C16H14BrClFN. The van der Waals surface area contributed by atoms with Gasteiger partial charge in [-0.25, -0.2) is 4.39 Å². The lowest BCUT2D eigenvalue weighted by Crippen LogP contribution is -2.58. The molecule has 3 rings (SSSR count). The van der Waals surface area contributed by atoms with Crippen LogP contribution >= 0.6 is 27.5 Å². The summed E-state index contributed by atoms with van der Waals surface area (Å²) in [7, 11) is 0. The van der Waals surface area contributed by atoms with Gasteiger partial charge in [-0.2, -0.15) is 0 Å². The van der Waals surface area contributed by atoms with Gasteiger partial charge in [0.2, 0.25) is 0 Å². The zero-order valence-corrected chi connectivity index (χ0v) is 13.1. The Balaban J connectivity index is 1.96. The molecule has 1 aliphatic heterocycles. The summed E-state index contributed by atoms with van der Waals surface area (Å²) < 4.78 is 14.5. The van der Waals surface area contributed by atoms with E-state index in [0.717, 1.165) is 29.5 Å². The van der Waals surface area contributed by atoms with Gasteiger partial charge < -0.3 is 5.32 Å². The highest BCUT2D eigenvalue weighted by Gasteiger charge is 2.39. The fraction of sp³-hybridized carbons (Fsp3) is 0.250. The molecule has 1 heterocycles. The Hall–Kier alpha value is -0.900. The average Bonchev–Trinajstić information content (AvgIpc) is 2.38. The van der Waals surface area contributed by atoms with E-state index in [-0.39, 0.29) is 11.2 Å². The van der Waals surface area contributed by atoms with Gasteiger partial charge in [-0.1, -0.05) is 39.7 Å². The lowest BCUT2D eigenvalue weighted by atomic mass is 9.71. The van der Waals surface area contributed by atoms with Crippen molar-refractivity contribution in [2.45, 2.75) is 11.8 Å². The van der Waals surface area contributed by atoms with E-state index >= 15 is 0 Å². The lowest BCUT2D eigenvalue weighted by molar-refractivity contribution is 0.274. The van der Waals surface area contributed by atoms with Crippen LogP contribution in [-0.4, -0.2) is 13.1 Å². The van der Waals surface area contributed by atoms with Crippen LogP contribution in [0.5, 0.6) is 0 Å². The number of benzene rings is 2. The van der Waals surface area contributed by atoms with Crippen molar-refractivity contribution in [3.05, 3.63) is 68.9 Å². The van der Waals surface area contributed by atoms with Gasteiger partial charge in [0.25, 0.3) is 0 Å². The predicted molar refractivity (Wildman–Crippen MR) is 83.8 cm³/mol. The molecule has 2 aromatic rings. The Kier molecular flexibility index (Phi) is 3.85. The Morgan fingerprint density at radius 3 is 2.65 bits per heavy atom. The van der Waals surface area contributed by atoms with Crippen molar-refractivity contribution < 1.29 is 4.39 Å². The second-order valence-corrected chi connectivity index (χ2v) is 6.63. The molecule has 0 atom stereocenters. The maximum absolute atomic E-state index is 13.4. The van der Waals surface area contributed by atoms with E-state index in [1.807, 2.05) is 12.1 Å². The standard InChI is InChI=1S/C16H14BrClFN/c17-13-3-1-2-12(7-13)16(9-20-10-16)8-11-6-14(19)4-5-15(11)18/h1-7,20H,8-10H2. The van der Waals surface area contributed by atoms with Crippen LogP contribution in [0.4, 0.5) is 4.39 Å². The van der Waals surface area contributed by atoms with E-state index in [4.69, 9.17) is 11.6 Å². The first kappa shape index (κ1) is 14.1. The maximum Gasteiger partial charge on any atom is 0.123 e. The van der Waals surface area contributed by atoms with Crippen molar-refractivity contribution >= 4 is 27.5 Å². The molecule has 0 spiro atoms. The summed E-state index contributed by atoms with van der Waals surface area (Å²) >= 11 is 9.72. The van der Waals surface area contributed by atoms with Crippen molar-refractivity contribution in [3.8, 4) is 0 Å². The van der Waals surface area contributed by atoms with Gasteiger partial charge >= 0.3 is 0 Å². The quantitative estimate of drug-likeness (QED) is 0.865. The van der Waals surface area contributed by atoms with Crippen LogP contribution in [0.15, 0.2) is 46.9 Å². The summed E-state index contributed by atoms with van der Waals surface area (Å²) in [4.78, 5) is 0. The predicted octanol–water partition coefficient (Wildman–Crippen LogP) is 4.33. The van der Waals surface area contributed by atoms with E-state index in [9.17, 15) is 4.39 Å². The molecule has 1 nitrogen and oxygen atoms in total. The summed E-state index contributed by atoms with van der Waals surface area (Å²) in [6, 6.07) is 12.9. The van der Waals surface area contributed by atoms with E-state index in [2.05, 4.69) is 33.4 Å². The first-order valence-electron chi connectivity index (χ1n) is 6.50. The summed E-state index contributed by atoms with van der Waals surface area (Å²) in [5.41, 5.74) is 2.13. The minimum Gasteiger partial charge on any atom is -0.315 e. The van der Waals surface area contributed by atoms with Crippen LogP contribution in [0.25, 0.3) is 0 Å². The van der Waals surface area contributed by atoms with Gasteiger partial charge in [0.1, 0.15) is 5.82 Å². The van der Waals surface area contributed by atoms with Gasteiger partial charge in [0.05, 0.1) is 0 Å². The van der Waals surface area contributed by atoms with Gasteiger partial charge in [0.15, 0.2) is 0 Å². The number of nitrogens with one attached hydrogen (secondary N) is 1. The molecule has 0 amide bonds. The van der Waals surface area contributed by atoms with Gasteiger partial charge in [0, 0.05) is 28.0 Å². The normalized spacial score (nSPS) is 16.8. The fourth-order valence-corrected chi connectivity index (χ4v) is 3.30. The van der Waals surface area contributed by atoms with Crippen LogP contribution in [-0.2, 0) is 11.8 Å². The minimum absolute atomic E-state index is 0.00120. The molecule has 0 saturated carbocycles. The molecular weight excluding hydrogens is 341 g/mol. The molecule has 1 aliphatic rings. The summed E-state index contributed by atoms with van der Waals surface area (Å²) in [5.74, 6) is -0.235. The van der Waals surface area contributed by atoms with Crippen LogP contribution in [0.1, 0.15) is 11.1 Å². The van der Waals surface area contributed by atoms with Crippen molar-refractivity contribution in [1.29, 1.82) is 0 Å². The number of rotatable bonds is 3. The second kappa shape index (κ2) is 5.47. The Labute approximate surface area is 131 Å². The van der Waals surface area contributed by atoms with Crippen LogP contribution in [0, 0.1) is 5.82 Å². The van der Waals surface area contributed by atoms with E-state index < -0.39 is 0 Å². The number of hydrogen-bond donors (Lipinski definition) is 1. The topological polar surface area (TPSA) is 12.0 Å². The fourth-order valence-electron chi connectivity index (χ4n) is 2.72. The van der Waals surface area contributed by atoms with Crippen molar-refractivity contribution in [3.63, 3.8) is 0 Å². The van der Waals surface area contributed by atoms with Crippen LogP contribution in [0.2, 0.25) is 5.02 Å². The Morgan fingerprint density at radius 1 is 1.20 bits per heavy atom. The van der Waals surface area contributed by atoms with Crippen molar-refractivity contribution in [2.24, 2.45) is 0 Å². The number of halogens is 3. The molecule has 4 heteroatoms. The Bertz CT molecular complexity index is 640. The SMILES string of the molecule is Fc1ccc(Cl)c(CC2(c3cccc(Br)c3)CNC2)c1. The molecule has 1 N–H and O–H groups in total. The van der Waals surface area contributed by atoms with Crippen molar-refractivity contribution in [1.82, 2.24) is 5.32 Å². The molecule has 2 aromatic carbocycles. The zero-order valence-electron chi connectivity index (χ0n) is 10.8. The van der Waals surface area contributed by atoms with Crippen molar-refractivity contribution in [2.75, 3.05) is 13.1 Å². The molecule has 0 unspecified atom stereocenters. The molecule has 0 bridgehead atoms. The smallest absolute Gasteiger partial charge is 0.123 e. The third-order valence-corrected chi connectivity index (χ3v) is 4.76. The molecule has 1 saturated heterocycles. The van der Waals surface area contributed by atoms with Gasteiger partial charge in [-0.05, 0) is 47.9 Å². The first-order chi connectivity index (χ1) is 9.59. The second-order valence-electron chi connectivity index (χ2n) is 5.31.